The van der Waals surface area contributed by atoms with E-state index in [4.69, 9.17) is 0 Å². The number of hydrogen-bond acceptors (Lipinski definition) is 3. The highest BCUT2D eigenvalue weighted by Gasteiger charge is 2.04. The van der Waals surface area contributed by atoms with Gasteiger partial charge in [0.15, 0.2) is 0 Å². The normalized spacial score (nSPS) is 11.3. The highest BCUT2D eigenvalue weighted by Crippen LogP contribution is 2.14. The monoisotopic (exact) mass is 335 g/mol. The number of carbonyl (C=O) groups is 1. The second kappa shape index (κ2) is 14.2. The van der Waals surface area contributed by atoms with Gasteiger partial charge in [-0.3, -0.25) is 4.79 Å². The summed E-state index contributed by atoms with van der Waals surface area (Å²) < 4.78 is 1.34. The Morgan fingerprint density at radius 2 is 1.33 bits per heavy atom. The minimum absolute atomic E-state index is 0.0564. The van der Waals surface area contributed by atoms with Crippen LogP contribution in [0.15, 0.2) is 12.7 Å². The molecule has 4 heteroatoms. The van der Waals surface area contributed by atoms with Crippen molar-refractivity contribution in [2.24, 2.45) is 5.92 Å². The van der Waals surface area contributed by atoms with Crippen molar-refractivity contribution in [3.63, 3.8) is 0 Å². The molecule has 0 aliphatic rings. The Kier molecular flexibility index (Phi) is 12.3. The molecule has 1 aromatic heterocycles. The van der Waals surface area contributed by atoms with E-state index in [2.05, 4.69) is 23.9 Å². The van der Waals surface area contributed by atoms with Crippen LogP contribution < -0.4 is 0 Å². The molecule has 0 N–H and O–H groups in total. The van der Waals surface area contributed by atoms with Gasteiger partial charge in [-0.1, -0.05) is 90.9 Å². The lowest BCUT2D eigenvalue weighted by atomic mass is 10.0. The third-order valence-corrected chi connectivity index (χ3v) is 4.60. The van der Waals surface area contributed by atoms with Crippen molar-refractivity contribution in [1.29, 1.82) is 0 Å². The first-order valence-corrected chi connectivity index (χ1v) is 10.1. The summed E-state index contributed by atoms with van der Waals surface area (Å²) in [5.74, 6) is 0.923. The van der Waals surface area contributed by atoms with Gasteiger partial charge in [0.05, 0.1) is 0 Å². The van der Waals surface area contributed by atoms with E-state index in [-0.39, 0.29) is 5.91 Å². The van der Waals surface area contributed by atoms with Crippen LogP contribution in [-0.4, -0.2) is 20.7 Å². The number of rotatable bonds is 15. The fourth-order valence-electron chi connectivity index (χ4n) is 3.05. The summed E-state index contributed by atoms with van der Waals surface area (Å²) in [6, 6.07) is 0. The highest BCUT2D eigenvalue weighted by atomic mass is 16.2. The molecule has 0 radical (unpaired) electrons. The summed E-state index contributed by atoms with van der Waals surface area (Å²) in [5.41, 5.74) is 0. The van der Waals surface area contributed by atoms with E-state index in [1.54, 1.807) is 0 Å². The average molecular weight is 336 g/mol. The minimum atomic E-state index is 0.0564. The van der Waals surface area contributed by atoms with Gasteiger partial charge in [-0.25, -0.2) is 4.98 Å². The third-order valence-electron chi connectivity index (χ3n) is 4.60. The van der Waals surface area contributed by atoms with Crippen molar-refractivity contribution >= 4 is 5.91 Å². The second-order valence-electron chi connectivity index (χ2n) is 7.41. The number of aromatic nitrogens is 3. The van der Waals surface area contributed by atoms with Gasteiger partial charge in [0.1, 0.15) is 12.7 Å². The van der Waals surface area contributed by atoms with Gasteiger partial charge in [-0.05, 0) is 12.3 Å². The molecule has 1 heterocycles. The topological polar surface area (TPSA) is 47.8 Å². The minimum Gasteiger partial charge on any atom is -0.273 e. The zero-order valence-corrected chi connectivity index (χ0v) is 15.9. The second-order valence-corrected chi connectivity index (χ2v) is 7.41. The van der Waals surface area contributed by atoms with Crippen LogP contribution in [0.5, 0.6) is 0 Å². The van der Waals surface area contributed by atoms with Gasteiger partial charge >= 0.3 is 0 Å². The molecule has 0 aliphatic heterocycles. The fraction of sp³-hybridized carbons (Fsp3) is 0.850. The first kappa shape index (κ1) is 20.9. The maximum absolute atomic E-state index is 11.7. The fourth-order valence-corrected chi connectivity index (χ4v) is 3.05. The van der Waals surface area contributed by atoms with E-state index in [0.29, 0.717) is 6.42 Å². The zero-order chi connectivity index (χ0) is 17.5. The van der Waals surface area contributed by atoms with Crippen LogP contribution in [0.25, 0.3) is 0 Å². The van der Waals surface area contributed by atoms with Crippen molar-refractivity contribution in [1.82, 2.24) is 14.8 Å². The molecule has 0 amide bonds. The summed E-state index contributed by atoms with van der Waals surface area (Å²) in [6.07, 6.45) is 20.8. The Labute approximate surface area is 148 Å². The SMILES string of the molecule is CC(C)CCCCCCCCCCCCCCC(=O)n1cncn1. The summed E-state index contributed by atoms with van der Waals surface area (Å²) in [7, 11) is 0. The van der Waals surface area contributed by atoms with Crippen molar-refractivity contribution in [2.45, 2.75) is 104 Å². The molecular formula is C20H37N3O. The first-order valence-electron chi connectivity index (χ1n) is 10.1. The van der Waals surface area contributed by atoms with Crippen molar-refractivity contribution in [2.75, 3.05) is 0 Å². The molecule has 0 spiro atoms. The molecule has 1 rings (SSSR count). The Morgan fingerprint density at radius 3 is 1.79 bits per heavy atom. The number of hydrogen-bond donors (Lipinski definition) is 0. The maximum Gasteiger partial charge on any atom is 0.248 e. The number of unbranched alkanes of at least 4 members (excludes halogenated alkanes) is 11. The van der Waals surface area contributed by atoms with Crippen LogP contribution in [0.4, 0.5) is 0 Å². The van der Waals surface area contributed by atoms with Crippen molar-refractivity contribution in [3.8, 4) is 0 Å². The molecule has 0 saturated heterocycles. The summed E-state index contributed by atoms with van der Waals surface area (Å²) in [6.45, 7) is 4.63. The molecule has 0 bridgehead atoms. The van der Waals surface area contributed by atoms with Gasteiger partial charge < -0.3 is 0 Å². The van der Waals surface area contributed by atoms with E-state index in [0.717, 1.165) is 18.8 Å². The Hall–Kier alpha value is -1.19. The molecular weight excluding hydrogens is 298 g/mol. The van der Waals surface area contributed by atoms with Crippen LogP contribution in [-0.2, 0) is 0 Å². The average Bonchev–Trinajstić information content (AvgIpc) is 3.09. The lowest BCUT2D eigenvalue weighted by Gasteiger charge is -2.05. The molecule has 0 aliphatic carbocycles. The predicted molar refractivity (Wildman–Crippen MR) is 100 cm³/mol. The van der Waals surface area contributed by atoms with Crippen LogP contribution in [0.1, 0.15) is 109 Å². The summed E-state index contributed by atoms with van der Waals surface area (Å²) >= 11 is 0. The molecule has 138 valence electrons. The molecule has 4 nitrogen and oxygen atoms in total. The predicted octanol–water partition coefficient (Wildman–Crippen LogP) is 6.04. The molecule has 0 aromatic carbocycles. The molecule has 0 saturated carbocycles. The maximum atomic E-state index is 11.7. The zero-order valence-electron chi connectivity index (χ0n) is 15.9. The Balaban J connectivity index is 1.75. The van der Waals surface area contributed by atoms with E-state index in [9.17, 15) is 4.79 Å². The van der Waals surface area contributed by atoms with Gasteiger partial charge in [-0.2, -0.15) is 9.78 Å². The van der Waals surface area contributed by atoms with E-state index >= 15 is 0 Å². The standard InChI is InChI=1S/C20H37N3O/c1-19(2)15-13-11-9-7-5-3-4-6-8-10-12-14-16-20(24)23-18-21-17-22-23/h17-19H,3-16H2,1-2H3. The largest absolute Gasteiger partial charge is 0.273 e. The smallest absolute Gasteiger partial charge is 0.248 e. The third kappa shape index (κ3) is 11.4. The van der Waals surface area contributed by atoms with Crippen LogP contribution in [0, 0.1) is 5.92 Å². The van der Waals surface area contributed by atoms with Gasteiger partial charge in [-0.15, -0.1) is 0 Å². The lowest BCUT2D eigenvalue weighted by Crippen LogP contribution is -2.10. The highest BCUT2D eigenvalue weighted by molar-refractivity contribution is 5.77. The lowest BCUT2D eigenvalue weighted by molar-refractivity contribution is 0.0882. The van der Waals surface area contributed by atoms with Gasteiger partial charge in [0.2, 0.25) is 5.91 Å². The van der Waals surface area contributed by atoms with Crippen LogP contribution >= 0.6 is 0 Å². The van der Waals surface area contributed by atoms with E-state index < -0.39 is 0 Å². The Bertz CT molecular complexity index is 401. The van der Waals surface area contributed by atoms with Crippen molar-refractivity contribution in [3.05, 3.63) is 12.7 Å². The molecule has 0 unspecified atom stereocenters. The van der Waals surface area contributed by atoms with E-state index in [1.807, 2.05) is 0 Å². The molecule has 0 atom stereocenters. The van der Waals surface area contributed by atoms with Gasteiger partial charge in [0.25, 0.3) is 0 Å². The van der Waals surface area contributed by atoms with Crippen LogP contribution in [0.3, 0.4) is 0 Å². The summed E-state index contributed by atoms with van der Waals surface area (Å²) in [5, 5.41) is 3.86. The number of carbonyl (C=O) groups excluding carboxylic acids is 1. The Morgan fingerprint density at radius 1 is 0.833 bits per heavy atom. The molecule has 24 heavy (non-hydrogen) atoms. The summed E-state index contributed by atoms with van der Waals surface area (Å²) in [4.78, 5) is 15.5. The number of nitrogens with zero attached hydrogens (tertiary/aromatic N) is 3. The molecule has 1 aromatic rings. The van der Waals surface area contributed by atoms with Crippen molar-refractivity contribution < 1.29 is 4.79 Å². The van der Waals surface area contributed by atoms with Crippen LogP contribution in [0.2, 0.25) is 0 Å². The first-order chi connectivity index (χ1) is 11.7. The quantitative estimate of drug-likeness (QED) is 0.367. The van der Waals surface area contributed by atoms with Gasteiger partial charge in [0, 0.05) is 6.42 Å². The van der Waals surface area contributed by atoms with E-state index in [1.165, 1.54) is 88.0 Å². The molecule has 0 fully saturated rings.